The number of aromatic nitrogens is 3. The molecule has 0 aliphatic carbocycles. The summed E-state index contributed by atoms with van der Waals surface area (Å²) in [6, 6.07) is 3.50. The molecule has 1 N–H and O–H groups in total. The van der Waals surface area contributed by atoms with Crippen molar-refractivity contribution in [1.82, 2.24) is 14.9 Å². The fraction of sp³-hybridized carbons (Fsp3) is 0. The number of carbonyl (C=O) groups is 1. The van der Waals surface area contributed by atoms with Crippen LogP contribution in [0.1, 0.15) is 10.5 Å². The first-order valence-corrected chi connectivity index (χ1v) is 3.48. The highest BCUT2D eigenvalue weighted by molar-refractivity contribution is 5.88. The molecule has 2 aromatic heterocycles. The first-order chi connectivity index (χ1) is 6.29. The van der Waals surface area contributed by atoms with Crippen LogP contribution in [0.5, 0.6) is 0 Å². The van der Waals surface area contributed by atoms with E-state index in [-0.39, 0.29) is 11.5 Å². The van der Waals surface area contributed by atoms with Gasteiger partial charge in [0.15, 0.2) is 0 Å². The Labute approximate surface area is 72.4 Å². The Morgan fingerprint density at radius 3 is 2.69 bits per heavy atom. The van der Waals surface area contributed by atoms with Crippen molar-refractivity contribution in [3.05, 3.63) is 30.2 Å². The molecule has 2 rings (SSSR count). The molecule has 0 saturated carbocycles. The first-order valence-electron chi connectivity index (χ1n) is 3.48. The third-order valence-electron chi connectivity index (χ3n) is 1.52. The predicted octanol–water partition coefficient (Wildman–Crippen LogP) is 0.558. The van der Waals surface area contributed by atoms with E-state index < -0.39 is 5.97 Å². The number of aromatic carboxylic acids is 1. The third kappa shape index (κ3) is 1.18. The molecule has 0 bridgehead atoms. The second kappa shape index (κ2) is 2.74. The summed E-state index contributed by atoms with van der Waals surface area (Å²) < 4.78 is 5.84. The summed E-state index contributed by atoms with van der Waals surface area (Å²) >= 11 is 0. The smallest absolute Gasteiger partial charge is 0.362 e. The Morgan fingerprint density at radius 2 is 2.08 bits per heavy atom. The number of carboxylic acid groups (broad SMARTS) is 1. The van der Waals surface area contributed by atoms with Crippen LogP contribution in [0.3, 0.4) is 0 Å². The molecule has 0 aliphatic rings. The largest absolute Gasteiger partial charge is 0.476 e. The van der Waals surface area contributed by atoms with Gasteiger partial charge >= 0.3 is 5.97 Å². The topological polar surface area (TPSA) is 81.2 Å². The van der Waals surface area contributed by atoms with Crippen molar-refractivity contribution in [2.75, 3.05) is 0 Å². The minimum Gasteiger partial charge on any atom is -0.476 e. The SMILES string of the molecule is O=C(O)c1nonc1-n1cccc1. The van der Waals surface area contributed by atoms with Crippen molar-refractivity contribution in [1.29, 1.82) is 0 Å². The summed E-state index contributed by atoms with van der Waals surface area (Å²) in [4.78, 5) is 10.6. The third-order valence-corrected chi connectivity index (χ3v) is 1.52. The van der Waals surface area contributed by atoms with Crippen LogP contribution >= 0.6 is 0 Å². The number of rotatable bonds is 2. The van der Waals surface area contributed by atoms with Crippen LogP contribution in [0.4, 0.5) is 0 Å². The molecule has 2 aromatic rings. The highest BCUT2D eigenvalue weighted by atomic mass is 16.6. The highest BCUT2D eigenvalue weighted by Crippen LogP contribution is 2.09. The van der Waals surface area contributed by atoms with Crippen LogP contribution in [0.2, 0.25) is 0 Å². The van der Waals surface area contributed by atoms with Crippen molar-refractivity contribution >= 4 is 5.97 Å². The zero-order valence-corrected chi connectivity index (χ0v) is 6.41. The molecule has 6 nitrogen and oxygen atoms in total. The van der Waals surface area contributed by atoms with E-state index in [9.17, 15) is 4.79 Å². The van der Waals surface area contributed by atoms with Gasteiger partial charge in [0.05, 0.1) is 0 Å². The Hall–Kier alpha value is -2.11. The summed E-state index contributed by atoms with van der Waals surface area (Å²) in [5.41, 5.74) is -0.198. The second-order valence-corrected chi connectivity index (χ2v) is 2.33. The van der Waals surface area contributed by atoms with E-state index in [2.05, 4.69) is 14.9 Å². The van der Waals surface area contributed by atoms with Crippen molar-refractivity contribution < 1.29 is 14.5 Å². The van der Waals surface area contributed by atoms with Gasteiger partial charge in [0.2, 0.25) is 11.5 Å². The lowest BCUT2D eigenvalue weighted by Gasteiger charge is -1.94. The van der Waals surface area contributed by atoms with E-state index >= 15 is 0 Å². The lowest BCUT2D eigenvalue weighted by molar-refractivity contribution is 0.0685. The fourth-order valence-corrected chi connectivity index (χ4v) is 0.964. The summed E-state index contributed by atoms with van der Waals surface area (Å²) in [5, 5.41) is 15.4. The first kappa shape index (κ1) is 7.53. The Kier molecular flexibility index (Phi) is 1.59. The van der Waals surface area contributed by atoms with Gasteiger partial charge in [0, 0.05) is 12.4 Å². The van der Waals surface area contributed by atoms with Gasteiger partial charge in [-0.2, -0.15) is 0 Å². The van der Waals surface area contributed by atoms with Crippen molar-refractivity contribution in [3.8, 4) is 5.82 Å². The van der Waals surface area contributed by atoms with E-state index in [0.29, 0.717) is 0 Å². The molecule has 6 heteroatoms. The van der Waals surface area contributed by atoms with Crippen molar-refractivity contribution in [2.24, 2.45) is 0 Å². The number of nitrogens with zero attached hydrogens (tertiary/aromatic N) is 3. The molecule has 0 atom stereocenters. The molecule has 2 heterocycles. The second-order valence-electron chi connectivity index (χ2n) is 2.33. The highest BCUT2D eigenvalue weighted by Gasteiger charge is 2.17. The van der Waals surface area contributed by atoms with Gasteiger partial charge < -0.3 is 9.67 Å². The van der Waals surface area contributed by atoms with E-state index in [1.165, 1.54) is 4.57 Å². The molecule has 0 aromatic carbocycles. The van der Waals surface area contributed by atoms with Crippen LogP contribution in [-0.4, -0.2) is 26.0 Å². The number of carboxylic acids is 1. The van der Waals surface area contributed by atoms with E-state index in [4.69, 9.17) is 5.11 Å². The molecule has 0 spiro atoms. The van der Waals surface area contributed by atoms with Gasteiger partial charge in [-0.1, -0.05) is 0 Å². The number of hydrogen-bond donors (Lipinski definition) is 1. The van der Waals surface area contributed by atoms with E-state index in [1.807, 2.05) is 0 Å². The quantitative estimate of drug-likeness (QED) is 0.728. The van der Waals surface area contributed by atoms with Crippen LogP contribution < -0.4 is 0 Å². The Bertz CT molecular complexity index is 418. The molecule has 0 unspecified atom stereocenters. The normalized spacial score (nSPS) is 10.2. The fourth-order valence-electron chi connectivity index (χ4n) is 0.964. The standard InChI is InChI=1S/C7H5N3O3/c11-7(12)5-6(9-13-8-5)10-3-1-2-4-10/h1-4H,(H,11,12). The van der Waals surface area contributed by atoms with Gasteiger partial charge in [0.1, 0.15) is 0 Å². The Balaban J connectivity index is 2.52. The predicted molar refractivity (Wildman–Crippen MR) is 40.6 cm³/mol. The monoisotopic (exact) mass is 179 g/mol. The minimum absolute atomic E-state index is 0.178. The van der Waals surface area contributed by atoms with E-state index in [0.717, 1.165) is 0 Å². The van der Waals surface area contributed by atoms with Crippen LogP contribution in [0, 0.1) is 0 Å². The van der Waals surface area contributed by atoms with Crippen LogP contribution in [-0.2, 0) is 0 Å². The maximum atomic E-state index is 10.6. The van der Waals surface area contributed by atoms with Crippen molar-refractivity contribution in [2.45, 2.75) is 0 Å². The minimum atomic E-state index is -1.16. The zero-order valence-electron chi connectivity index (χ0n) is 6.41. The summed E-state index contributed by atoms with van der Waals surface area (Å²) in [6.45, 7) is 0. The molecule has 0 amide bonds. The lowest BCUT2D eigenvalue weighted by Crippen LogP contribution is -2.03. The molecule has 0 radical (unpaired) electrons. The Morgan fingerprint density at radius 1 is 1.38 bits per heavy atom. The number of hydrogen-bond acceptors (Lipinski definition) is 4. The molecule has 0 aliphatic heterocycles. The average Bonchev–Trinajstić information content (AvgIpc) is 2.74. The molecular weight excluding hydrogens is 174 g/mol. The van der Waals surface area contributed by atoms with Gasteiger partial charge in [-0.25, -0.2) is 9.42 Å². The maximum Gasteiger partial charge on any atom is 0.362 e. The molecule has 66 valence electrons. The maximum absolute atomic E-state index is 10.6. The van der Waals surface area contributed by atoms with Gasteiger partial charge in [-0.15, -0.1) is 0 Å². The molecule has 13 heavy (non-hydrogen) atoms. The van der Waals surface area contributed by atoms with Crippen molar-refractivity contribution in [3.63, 3.8) is 0 Å². The summed E-state index contributed by atoms with van der Waals surface area (Å²) in [6.07, 6.45) is 3.32. The van der Waals surface area contributed by atoms with Gasteiger partial charge in [-0.05, 0) is 22.4 Å². The van der Waals surface area contributed by atoms with E-state index in [1.54, 1.807) is 24.5 Å². The zero-order chi connectivity index (χ0) is 9.26. The molecular formula is C7H5N3O3. The van der Waals surface area contributed by atoms with Gasteiger partial charge in [0.25, 0.3) is 0 Å². The summed E-state index contributed by atoms with van der Waals surface area (Å²) in [7, 11) is 0. The van der Waals surface area contributed by atoms with Crippen LogP contribution in [0.25, 0.3) is 5.82 Å². The van der Waals surface area contributed by atoms with Gasteiger partial charge in [-0.3, -0.25) is 0 Å². The average molecular weight is 179 g/mol. The lowest BCUT2D eigenvalue weighted by atomic mass is 10.4. The van der Waals surface area contributed by atoms with Crippen LogP contribution in [0.15, 0.2) is 29.2 Å². The summed E-state index contributed by atoms with van der Waals surface area (Å²) in [5.74, 6) is -0.984. The molecule has 0 fully saturated rings. The molecule has 0 saturated heterocycles.